The van der Waals surface area contributed by atoms with Gasteiger partial charge in [0.25, 0.3) is 11.6 Å². The summed E-state index contributed by atoms with van der Waals surface area (Å²) in [5.74, 6) is -1.48. The Kier molecular flexibility index (Phi) is 6.45. The predicted octanol–water partition coefficient (Wildman–Crippen LogP) is 1.84. The fourth-order valence-corrected chi connectivity index (χ4v) is 2.99. The third-order valence-corrected chi connectivity index (χ3v) is 4.41. The maximum absolute atomic E-state index is 12.5. The zero-order valence-corrected chi connectivity index (χ0v) is 16.2. The van der Waals surface area contributed by atoms with Crippen LogP contribution in [0.15, 0.2) is 54.7 Å². The number of carbonyl (C=O) groups excluding carboxylic acids is 3. The van der Waals surface area contributed by atoms with Crippen LogP contribution < -0.4 is 16.4 Å². The van der Waals surface area contributed by atoms with Crippen molar-refractivity contribution in [3.05, 3.63) is 70.4 Å². The number of aromatic nitrogens is 1. The number of carbonyl (C=O) groups is 3. The molecule has 1 unspecified atom stereocenters. The lowest BCUT2D eigenvalue weighted by Gasteiger charge is -2.16. The van der Waals surface area contributed by atoms with Crippen molar-refractivity contribution in [3.8, 4) is 0 Å². The van der Waals surface area contributed by atoms with E-state index >= 15 is 0 Å². The molecule has 0 spiro atoms. The molecule has 11 heteroatoms. The van der Waals surface area contributed by atoms with E-state index in [2.05, 4.69) is 15.6 Å². The molecule has 160 valence electrons. The SMILES string of the molecule is NC(=O)NC(Cc1c[nH]c2ccccc12)C(=O)OCC(=O)Nc1ccc([N+](=O)[O-])cc1. The smallest absolute Gasteiger partial charge is 0.329 e. The normalized spacial score (nSPS) is 11.5. The number of H-pyrrole nitrogens is 1. The fraction of sp³-hybridized carbons (Fsp3) is 0.150. The number of ether oxygens (including phenoxy) is 1. The quantitative estimate of drug-likeness (QED) is 0.244. The van der Waals surface area contributed by atoms with Crippen LogP contribution in [0.25, 0.3) is 10.9 Å². The summed E-state index contributed by atoms with van der Waals surface area (Å²) in [7, 11) is 0. The van der Waals surface area contributed by atoms with Crippen molar-refractivity contribution in [2.75, 3.05) is 11.9 Å². The van der Waals surface area contributed by atoms with Crippen LogP contribution in [0, 0.1) is 10.1 Å². The highest BCUT2D eigenvalue weighted by Gasteiger charge is 2.24. The number of benzene rings is 2. The van der Waals surface area contributed by atoms with Crippen LogP contribution in [0.1, 0.15) is 5.56 Å². The van der Waals surface area contributed by atoms with Crippen molar-refractivity contribution in [1.82, 2.24) is 10.3 Å². The van der Waals surface area contributed by atoms with Crippen LogP contribution in [0.3, 0.4) is 0 Å². The van der Waals surface area contributed by atoms with Gasteiger partial charge in [-0.2, -0.15) is 0 Å². The Morgan fingerprint density at radius 1 is 1.13 bits per heavy atom. The summed E-state index contributed by atoms with van der Waals surface area (Å²) in [5.41, 5.74) is 6.98. The lowest BCUT2D eigenvalue weighted by atomic mass is 10.1. The van der Waals surface area contributed by atoms with Crippen molar-refractivity contribution in [2.24, 2.45) is 5.73 Å². The largest absolute Gasteiger partial charge is 0.454 e. The minimum absolute atomic E-state index is 0.107. The fourth-order valence-electron chi connectivity index (χ4n) is 2.99. The van der Waals surface area contributed by atoms with Crippen LogP contribution in [0.2, 0.25) is 0 Å². The van der Waals surface area contributed by atoms with E-state index in [-0.39, 0.29) is 12.1 Å². The van der Waals surface area contributed by atoms with Crippen LogP contribution in [-0.4, -0.2) is 40.5 Å². The highest BCUT2D eigenvalue weighted by Crippen LogP contribution is 2.19. The number of primary amides is 1. The first-order chi connectivity index (χ1) is 14.8. The molecule has 3 amide bonds. The van der Waals surface area contributed by atoms with Gasteiger partial charge < -0.3 is 26.1 Å². The predicted molar refractivity (Wildman–Crippen MR) is 111 cm³/mol. The van der Waals surface area contributed by atoms with Gasteiger partial charge in [0, 0.05) is 41.3 Å². The van der Waals surface area contributed by atoms with Gasteiger partial charge in [0.1, 0.15) is 6.04 Å². The molecular weight excluding hydrogens is 406 g/mol. The number of amides is 3. The Bertz CT molecular complexity index is 1120. The monoisotopic (exact) mass is 425 g/mol. The number of nitrogens with one attached hydrogen (secondary N) is 3. The molecule has 2 aromatic carbocycles. The van der Waals surface area contributed by atoms with Gasteiger partial charge in [-0.25, -0.2) is 9.59 Å². The Morgan fingerprint density at radius 3 is 2.52 bits per heavy atom. The number of rotatable bonds is 8. The summed E-state index contributed by atoms with van der Waals surface area (Å²) in [6, 6.07) is 10.6. The van der Waals surface area contributed by atoms with Gasteiger partial charge in [-0.3, -0.25) is 14.9 Å². The minimum atomic E-state index is -1.09. The summed E-state index contributed by atoms with van der Waals surface area (Å²) in [5, 5.41) is 16.3. The van der Waals surface area contributed by atoms with Crippen LogP contribution >= 0.6 is 0 Å². The highest BCUT2D eigenvalue weighted by atomic mass is 16.6. The molecule has 3 rings (SSSR count). The Morgan fingerprint density at radius 2 is 1.84 bits per heavy atom. The van der Waals surface area contributed by atoms with Gasteiger partial charge in [-0.05, 0) is 23.8 Å². The van der Waals surface area contributed by atoms with Crippen molar-refractivity contribution in [1.29, 1.82) is 0 Å². The standard InChI is InChI=1S/C20H19N5O6/c21-20(28)24-17(9-12-10-22-16-4-2-1-3-15(12)16)19(27)31-11-18(26)23-13-5-7-14(8-6-13)25(29)30/h1-8,10,17,22H,9,11H2,(H,23,26)(H3,21,24,28). The average Bonchev–Trinajstić information content (AvgIpc) is 3.14. The molecule has 5 N–H and O–H groups in total. The van der Waals surface area contributed by atoms with Gasteiger partial charge in [-0.1, -0.05) is 18.2 Å². The number of para-hydroxylation sites is 1. The van der Waals surface area contributed by atoms with Gasteiger partial charge in [0.15, 0.2) is 6.61 Å². The number of nitro groups is 1. The summed E-state index contributed by atoms with van der Waals surface area (Å²) < 4.78 is 5.02. The molecule has 0 aliphatic carbocycles. The van der Waals surface area contributed by atoms with E-state index in [0.29, 0.717) is 5.69 Å². The highest BCUT2D eigenvalue weighted by molar-refractivity contribution is 5.93. The van der Waals surface area contributed by atoms with Crippen molar-refractivity contribution in [2.45, 2.75) is 12.5 Å². The number of non-ortho nitro benzene ring substituents is 1. The molecule has 11 nitrogen and oxygen atoms in total. The van der Waals surface area contributed by atoms with Gasteiger partial charge in [-0.15, -0.1) is 0 Å². The third kappa shape index (κ3) is 5.56. The van der Waals surface area contributed by atoms with E-state index in [1.165, 1.54) is 24.3 Å². The second-order valence-corrected chi connectivity index (χ2v) is 6.58. The molecule has 0 aliphatic rings. The second kappa shape index (κ2) is 9.39. The molecule has 31 heavy (non-hydrogen) atoms. The van der Waals surface area contributed by atoms with Crippen LogP contribution in [-0.2, 0) is 20.7 Å². The van der Waals surface area contributed by atoms with Gasteiger partial charge in [0.2, 0.25) is 0 Å². The molecule has 0 bridgehead atoms. The molecule has 0 fully saturated rings. The molecule has 1 heterocycles. The summed E-state index contributed by atoms with van der Waals surface area (Å²) >= 11 is 0. The maximum atomic E-state index is 12.5. The number of nitrogens with two attached hydrogens (primary N) is 1. The Labute approximate surface area is 175 Å². The van der Waals surface area contributed by atoms with E-state index < -0.39 is 35.5 Å². The first-order valence-electron chi connectivity index (χ1n) is 9.15. The van der Waals surface area contributed by atoms with Crippen molar-refractivity contribution in [3.63, 3.8) is 0 Å². The van der Waals surface area contributed by atoms with Gasteiger partial charge >= 0.3 is 12.0 Å². The number of anilines is 1. The van der Waals surface area contributed by atoms with Crippen LogP contribution in [0.4, 0.5) is 16.2 Å². The maximum Gasteiger partial charge on any atom is 0.329 e. The minimum Gasteiger partial charge on any atom is -0.454 e. The van der Waals surface area contributed by atoms with E-state index in [1.54, 1.807) is 6.20 Å². The number of urea groups is 1. The van der Waals surface area contributed by atoms with Crippen molar-refractivity contribution >= 4 is 40.2 Å². The molecule has 1 aromatic heterocycles. The summed E-state index contributed by atoms with van der Waals surface area (Å²) in [4.78, 5) is 49.0. The molecule has 0 saturated carbocycles. The summed E-state index contributed by atoms with van der Waals surface area (Å²) in [6.07, 6.45) is 1.82. The Balaban J connectivity index is 1.60. The Hall–Kier alpha value is -4.41. The average molecular weight is 425 g/mol. The topological polar surface area (TPSA) is 169 Å². The first-order valence-corrected chi connectivity index (χ1v) is 9.15. The number of fused-ring (bicyclic) bond motifs is 1. The molecule has 0 aliphatic heterocycles. The zero-order valence-electron chi connectivity index (χ0n) is 16.2. The van der Waals surface area contributed by atoms with Gasteiger partial charge in [0.05, 0.1) is 4.92 Å². The number of hydrogen-bond donors (Lipinski definition) is 4. The molecule has 1 atom stereocenters. The molecule has 0 radical (unpaired) electrons. The molecule has 0 saturated heterocycles. The first kappa shape index (κ1) is 21.3. The number of nitrogens with zero attached hydrogens (tertiary/aromatic N) is 1. The number of esters is 1. The number of hydrogen-bond acceptors (Lipinski definition) is 6. The van der Waals surface area contributed by atoms with Crippen molar-refractivity contribution < 1.29 is 24.0 Å². The van der Waals surface area contributed by atoms with E-state index in [4.69, 9.17) is 10.5 Å². The molecule has 3 aromatic rings. The lowest BCUT2D eigenvalue weighted by Crippen LogP contribution is -2.46. The van der Waals surface area contributed by atoms with E-state index in [1.807, 2.05) is 24.3 Å². The lowest BCUT2D eigenvalue weighted by molar-refractivity contribution is -0.384. The third-order valence-electron chi connectivity index (χ3n) is 4.41. The van der Waals surface area contributed by atoms with E-state index in [9.17, 15) is 24.5 Å². The second-order valence-electron chi connectivity index (χ2n) is 6.58. The molecular formula is C20H19N5O6. The summed E-state index contributed by atoms with van der Waals surface area (Å²) in [6.45, 7) is -0.610. The number of aromatic amines is 1. The zero-order chi connectivity index (χ0) is 22.4. The van der Waals surface area contributed by atoms with Crippen LogP contribution in [0.5, 0.6) is 0 Å². The van der Waals surface area contributed by atoms with E-state index in [0.717, 1.165) is 16.5 Å². The number of nitro benzene ring substituents is 1.